The summed E-state index contributed by atoms with van der Waals surface area (Å²) in [5, 5.41) is 0. The molecular weight excluding hydrogens is 501 g/mol. The molecule has 0 radical (unpaired) electrons. The molecule has 3 aliphatic rings. The van der Waals surface area contributed by atoms with Gasteiger partial charge in [0.05, 0.1) is 33.3 Å². The van der Waals surface area contributed by atoms with Crippen LogP contribution in [0.25, 0.3) is 33.9 Å². The van der Waals surface area contributed by atoms with Crippen LogP contribution in [0.3, 0.4) is 0 Å². The third-order valence-corrected chi connectivity index (χ3v) is 8.01. The van der Waals surface area contributed by atoms with Crippen LogP contribution in [0.1, 0.15) is 43.4 Å². The minimum absolute atomic E-state index is 0.110. The summed E-state index contributed by atoms with van der Waals surface area (Å²) < 4.78 is 93.0. The lowest BCUT2D eigenvalue weighted by Gasteiger charge is -2.15. The SMILES string of the molecule is CCS(=O)(=O)c1cc(-c2ccc(C3CC3)cc2)cnc1-c1cc2n(C(F)F)cc(C(F)(F)F)cc-2n1. The fourth-order valence-electron chi connectivity index (χ4n) is 4.13. The largest absolute Gasteiger partial charge is 0.417 e. The topological polar surface area (TPSA) is 64.8 Å². The molecule has 3 heterocycles. The van der Waals surface area contributed by atoms with E-state index in [-0.39, 0.29) is 38.0 Å². The van der Waals surface area contributed by atoms with Gasteiger partial charge < -0.3 is 0 Å². The zero-order valence-electron chi connectivity index (χ0n) is 18.9. The lowest BCUT2D eigenvalue weighted by molar-refractivity contribution is -0.138. The number of aromatic nitrogens is 3. The monoisotopic (exact) mass is 521 g/mol. The summed E-state index contributed by atoms with van der Waals surface area (Å²) in [6, 6.07) is 11.0. The molecule has 36 heavy (non-hydrogen) atoms. The van der Waals surface area contributed by atoms with Crippen LogP contribution >= 0.6 is 0 Å². The van der Waals surface area contributed by atoms with Crippen molar-refractivity contribution in [2.24, 2.45) is 0 Å². The van der Waals surface area contributed by atoms with Crippen LogP contribution in [0.2, 0.25) is 0 Å². The number of benzene rings is 1. The molecule has 0 N–H and O–H groups in total. The maximum atomic E-state index is 13.6. The van der Waals surface area contributed by atoms with E-state index < -0.39 is 28.1 Å². The first-order valence-electron chi connectivity index (χ1n) is 11.2. The predicted octanol–water partition coefficient (Wildman–Crippen LogP) is 6.80. The molecule has 0 bridgehead atoms. The average Bonchev–Trinajstić information content (AvgIpc) is 3.60. The molecule has 0 saturated heterocycles. The highest BCUT2D eigenvalue weighted by molar-refractivity contribution is 7.91. The molecule has 0 amide bonds. The second-order valence-electron chi connectivity index (χ2n) is 8.69. The number of pyridine rings is 2. The molecular formula is C25H20F5N3O2S. The number of alkyl halides is 5. The predicted molar refractivity (Wildman–Crippen MR) is 123 cm³/mol. The number of sulfone groups is 1. The van der Waals surface area contributed by atoms with E-state index in [1.165, 1.54) is 24.8 Å². The van der Waals surface area contributed by atoms with E-state index in [0.29, 0.717) is 23.7 Å². The van der Waals surface area contributed by atoms with Gasteiger partial charge in [0.1, 0.15) is 5.69 Å². The van der Waals surface area contributed by atoms with Crippen LogP contribution in [0, 0.1) is 0 Å². The van der Waals surface area contributed by atoms with Gasteiger partial charge in [0.2, 0.25) is 0 Å². The Balaban J connectivity index is 1.66. The summed E-state index contributed by atoms with van der Waals surface area (Å²) in [6.07, 6.45) is -0.825. The smallest absolute Gasteiger partial charge is 0.289 e. The van der Waals surface area contributed by atoms with Crippen molar-refractivity contribution in [1.29, 1.82) is 0 Å². The summed E-state index contributed by atoms with van der Waals surface area (Å²) >= 11 is 0. The van der Waals surface area contributed by atoms with E-state index in [1.807, 2.05) is 24.3 Å². The Labute approximate surface area is 203 Å². The molecule has 1 aliphatic carbocycles. The van der Waals surface area contributed by atoms with Gasteiger partial charge in [0, 0.05) is 18.0 Å². The van der Waals surface area contributed by atoms with Crippen molar-refractivity contribution < 1.29 is 30.4 Å². The second kappa shape index (κ2) is 8.65. The number of hydrogen-bond donors (Lipinski definition) is 0. The fourth-order valence-corrected chi connectivity index (χ4v) is 5.20. The zero-order chi connectivity index (χ0) is 25.8. The summed E-state index contributed by atoms with van der Waals surface area (Å²) in [5.41, 5.74) is 0.364. The van der Waals surface area contributed by atoms with Gasteiger partial charge in [-0.25, -0.2) is 13.4 Å². The maximum absolute atomic E-state index is 13.6. The molecule has 11 heteroatoms. The van der Waals surface area contributed by atoms with Crippen molar-refractivity contribution in [1.82, 2.24) is 14.5 Å². The highest BCUT2D eigenvalue weighted by Crippen LogP contribution is 2.41. The van der Waals surface area contributed by atoms with E-state index in [0.717, 1.165) is 24.5 Å². The van der Waals surface area contributed by atoms with Gasteiger partial charge in [0.25, 0.3) is 0 Å². The molecule has 2 aliphatic heterocycles. The molecule has 1 fully saturated rings. The van der Waals surface area contributed by atoms with Crippen LogP contribution < -0.4 is 0 Å². The van der Waals surface area contributed by atoms with Crippen LogP contribution in [-0.2, 0) is 16.0 Å². The normalized spacial score (nSPS) is 14.6. The summed E-state index contributed by atoms with van der Waals surface area (Å²) in [5.74, 6) is 0.295. The Bertz CT molecular complexity index is 1510. The van der Waals surface area contributed by atoms with Gasteiger partial charge in [-0.05, 0) is 48.1 Å². The Morgan fingerprint density at radius 3 is 2.31 bits per heavy atom. The van der Waals surface area contributed by atoms with Gasteiger partial charge in [-0.15, -0.1) is 0 Å². The summed E-state index contributed by atoms with van der Waals surface area (Å²) in [7, 11) is -3.85. The molecule has 0 unspecified atom stereocenters. The number of fused-ring (bicyclic) bond motifs is 1. The van der Waals surface area contributed by atoms with E-state index >= 15 is 0 Å². The Kier molecular flexibility index (Phi) is 5.85. The van der Waals surface area contributed by atoms with Gasteiger partial charge in [0.15, 0.2) is 9.84 Å². The van der Waals surface area contributed by atoms with Crippen molar-refractivity contribution in [3.05, 3.63) is 66.0 Å². The standard InChI is InChI=1S/C25H20F5N3O2S/c1-2-36(34,35)22-9-17(16-7-5-15(6-8-16)14-3-4-14)12-31-23(22)20-11-21-19(32-20)10-18(25(28,29)30)13-33(21)24(26)27/h5-14,24H,2-4H2,1H3. The Morgan fingerprint density at radius 2 is 1.72 bits per heavy atom. The molecule has 2 aromatic rings. The highest BCUT2D eigenvalue weighted by atomic mass is 32.2. The lowest BCUT2D eigenvalue weighted by atomic mass is 10.0. The van der Waals surface area contributed by atoms with Crippen molar-refractivity contribution in [2.45, 2.75) is 43.3 Å². The molecule has 1 aromatic heterocycles. The van der Waals surface area contributed by atoms with Crippen molar-refractivity contribution in [3.63, 3.8) is 0 Å². The van der Waals surface area contributed by atoms with E-state index in [4.69, 9.17) is 0 Å². The van der Waals surface area contributed by atoms with Crippen LogP contribution in [-0.4, -0.2) is 28.7 Å². The molecule has 0 atom stereocenters. The van der Waals surface area contributed by atoms with Gasteiger partial charge in [-0.3, -0.25) is 9.55 Å². The first kappa shape index (κ1) is 24.4. The fraction of sp³-hybridized carbons (Fsp3) is 0.280. The number of rotatable bonds is 6. The number of nitrogens with zero attached hydrogens (tertiary/aromatic N) is 3. The Hall–Kier alpha value is -3.34. The van der Waals surface area contributed by atoms with Crippen molar-refractivity contribution in [3.8, 4) is 33.9 Å². The third kappa shape index (κ3) is 4.47. The van der Waals surface area contributed by atoms with Gasteiger partial charge in [-0.2, -0.15) is 22.0 Å². The van der Waals surface area contributed by atoms with E-state index in [2.05, 4.69) is 9.97 Å². The molecule has 1 saturated carbocycles. The highest BCUT2D eigenvalue weighted by Gasteiger charge is 2.34. The molecule has 5 rings (SSSR count). The third-order valence-electron chi connectivity index (χ3n) is 6.27. The zero-order valence-corrected chi connectivity index (χ0v) is 19.7. The minimum Gasteiger partial charge on any atom is -0.289 e. The minimum atomic E-state index is -4.87. The second-order valence-corrected chi connectivity index (χ2v) is 10.9. The van der Waals surface area contributed by atoms with Gasteiger partial charge >= 0.3 is 12.7 Å². The average molecular weight is 522 g/mol. The van der Waals surface area contributed by atoms with Crippen LogP contribution in [0.5, 0.6) is 0 Å². The molecule has 1 aromatic carbocycles. The first-order valence-corrected chi connectivity index (χ1v) is 12.8. The van der Waals surface area contributed by atoms with E-state index in [1.54, 1.807) is 0 Å². The number of hydrogen-bond acceptors (Lipinski definition) is 4. The van der Waals surface area contributed by atoms with E-state index in [9.17, 15) is 30.4 Å². The Morgan fingerprint density at radius 1 is 1.03 bits per heavy atom. The molecule has 0 spiro atoms. The summed E-state index contributed by atoms with van der Waals surface area (Å²) in [4.78, 5) is 8.19. The quantitative estimate of drug-likeness (QED) is 0.262. The van der Waals surface area contributed by atoms with Gasteiger partial charge in [-0.1, -0.05) is 31.2 Å². The first-order chi connectivity index (χ1) is 17.0. The maximum Gasteiger partial charge on any atom is 0.417 e. The van der Waals surface area contributed by atoms with Crippen LogP contribution in [0.4, 0.5) is 22.0 Å². The number of halogens is 5. The van der Waals surface area contributed by atoms with Crippen molar-refractivity contribution in [2.75, 3.05) is 5.75 Å². The summed E-state index contributed by atoms with van der Waals surface area (Å²) in [6.45, 7) is -1.81. The van der Waals surface area contributed by atoms with Crippen molar-refractivity contribution >= 4 is 9.84 Å². The molecule has 188 valence electrons. The lowest BCUT2D eigenvalue weighted by Crippen LogP contribution is -2.11. The molecule has 5 nitrogen and oxygen atoms in total. The van der Waals surface area contributed by atoms with Crippen LogP contribution in [0.15, 0.2) is 59.8 Å².